The van der Waals surface area contributed by atoms with Crippen molar-refractivity contribution < 1.29 is 0 Å². The van der Waals surface area contributed by atoms with Gasteiger partial charge in [-0.25, -0.2) is 0 Å². The Kier molecular flexibility index (Phi) is 7.10. The number of nitrogens with zero attached hydrogens (tertiary/aromatic N) is 1. The Labute approximate surface area is 84.4 Å². The first-order valence-corrected chi connectivity index (χ1v) is 5.64. The molecule has 0 spiro atoms. The predicted octanol–water partition coefficient (Wildman–Crippen LogP) is 3.16. The number of rotatable bonds is 3. The Hall–Kier alpha value is 0.400. The highest BCUT2D eigenvalue weighted by atomic mass is 79.9. The van der Waals surface area contributed by atoms with Gasteiger partial charge in [-0.2, -0.15) is 0 Å². The second kappa shape index (κ2) is 6.87. The van der Waals surface area contributed by atoms with Crippen LogP contribution in [0.4, 0.5) is 0 Å². The van der Waals surface area contributed by atoms with Gasteiger partial charge in [0.1, 0.15) is 0 Å². The molecule has 74 valence electrons. The summed E-state index contributed by atoms with van der Waals surface area (Å²) in [5, 5.41) is 0. The molecule has 3 N–H and O–H groups in total. The Bertz CT molecular complexity index is 103. The van der Waals surface area contributed by atoms with E-state index in [-0.39, 0.29) is 6.15 Å². The van der Waals surface area contributed by atoms with Gasteiger partial charge in [0.2, 0.25) is 0 Å². The first-order chi connectivity index (χ1) is 5.34. The van der Waals surface area contributed by atoms with Gasteiger partial charge >= 0.3 is 0 Å². The number of hydrogen-bond donors (Lipinski definition) is 1. The van der Waals surface area contributed by atoms with Crippen LogP contribution >= 0.6 is 15.9 Å². The Balaban J connectivity index is 0.00000121. The standard InChI is InChI=1S/C9H18BrN.H3N/c1-2-6-9(10)11-7-4-3-5-8-11;/h9H,2-8H2,1H3;1H3. The zero-order valence-electron chi connectivity index (χ0n) is 8.06. The lowest BCUT2D eigenvalue weighted by Gasteiger charge is -2.30. The third-order valence-electron chi connectivity index (χ3n) is 2.31. The molecular formula is C9H21BrN2. The summed E-state index contributed by atoms with van der Waals surface area (Å²) in [6.45, 7) is 4.85. The summed E-state index contributed by atoms with van der Waals surface area (Å²) in [4.78, 5) is 3.21. The Morgan fingerprint density at radius 1 is 1.25 bits per heavy atom. The van der Waals surface area contributed by atoms with Crippen LogP contribution < -0.4 is 6.15 Å². The minimum atomic E-state index is 0. The van der Waals surface area contributed by atoms with E-state index in [9.17, 15) is 0 Å². The first-order valence-electron chi connectivity index (χ1n) is 4.72. The van der Waals surface area contributed by atoms with Gasteiger partial charge in [-0.1, -0.05) is 35.7 Å². The van der Waals surface area contributed by atoms with E-state index in [1.54, 1.807) is 0 Å². The molecule has 0 aromatic heterocycles. The number of hydrogen-bond acceptors (Lipinski definition) is 2. The van der Waals surface area contributed by atoms with Gasteiger partial charge in [0.25, 0.3) is 0 Å². The number of halogens is 1. The molecule has 1 atom stereocenters. The highest BCUT2D eigenvalue weighted by molar-refractivity contribution is 9.09. The highest BCUT2D eigenvalue weighted by Crippen LogP contribution is 2.18. The zero-order valence-corrected chi connectivity index (χ0v) is 9.65. The van der Waals surface area contributed by atoms with Crippen LogP contribution in [0.5, 0.6) is 0 Å². The maximum absolute atomic E-state index is 3.73. The third-order valence-corrected chi connectivity index (χ3v) is 3.35. The number of likely N-dealkylation sites (tertiary alicyclic amines) is 1. The largest absolute Gasteiger partial charge is 0.344 e. The second-order valence-electron chi connectivity index (χ2n) is 3.32. The summed E-state index contributed by atoms with van der Waals surface area (Å²) in [6.07, 6.45) is 6.80. The van der Waals surface area contributed by atoms with Crippen molar-refractivity contribution in [3.8, 4) is 0 Å². The van der Waals surface area contributed by atoms with E-state index in [4.69, 9.17) is 0 Å². The van der Waals surface area contributed by atoms with Crippen LogP contribution in [0.15, 0.2) is 0 Å². The average Bonchev–Trinajstić information content (AvgIpc) is 2.07. The molecule has 0 radical (unpaired) electrons. The summed E-state index contributed by atoms with van der Waals surface area (Å²) in [6, 6.07) is 0. The Morgan fingerprint density at radius 3 is 2.33 bits per heavy atom. The van der Waals surface area contributed by atoms with Crippen molar-refractivity contribution in [2.75, 3.05) is 13.1 Å². The molecule has 1 heterocycles. The van der Waals surface area contributed by atoms with E-state index in [0.29, 0.717) is 4.95 Å². The molecule has 0 saturated carbocycles. The minimum Gasteiger partial charge on any atom is -0.344 e. The van der Waals surface area contributed by atoms with E-state index in [0.717, 1.165) is 0 Å². The molecule has 1 saturated heterocycles. The summed E-state index contributed by atoms with van der Waals surface area (Å²) < 4.78 is 0. The third kappa shape index (κ3) is 3.87. The fraction of sp³-hybridized carbons (Fsp3) is 1.00. The molecule has 1 rings (SSSR count). The van der Waals surface area contributed by atoms with Crippen molar-refractivity contribution in [2.24, 2.45) is 0 Å². The summed E-state index contributed by atoms with van der Waals surface area (Å²) in [5.74, 6) is 0. The van der Waals surface area contributed by atoms with E-state index < -0.39 is 0 Å². The summed E-state index contributed by atoms with van der Waals surface area (Å²) in [5.41, 5.74) is 0. The number of piperidine rings is 1. The van der Waals surface area contributed by atoms with E-state index >= 15 is 0 Å². The number of alkyl halides is 1. The van der Waals surface area contributed by atoms with Crippen LogP contribution in [0.25, 0.3) is 0 Å². The molecule has 0 bridgehead atoms. The predicted molar refractivity (Wildman–Crippen MR) is 58.1 cm³/mol. The molecule has 0 aliphatic carbocycles. The van der Waals surface area contributed by atoms with Crippen LogP contribution in [0.1, 0.15) is 39.0 Å². The van der Waals surface area contributed by atoms with Gasteiger partial charge in [0.05, 0.1) is 4.95 Å². The first kappa shape index (κ1) is 12.4. The molecule has 1 aliphatic heterocycles. The van der Waals surface area contributed by atoms with Crippen LogP contribution in [0, 0.1) is 0 Å². The molecule has 0 aromatic rings. The normalized spacial score (nSPS) is 21.5. The molecule has 0 aromatic carbocycles. The molecule has 0 amide bonds. The van der Waals surface area contributed by atoms with Gasteiger partial charge in [0, 0.05) is 0 Å². The average molecular weight is 237 g/mol. The van der Waals surface area contributed by atoms with Crippen LogP contribution in [0.3, 0.4) is 0 Å². The second-order valence-corrected chi connectivity index (χ2v) is 4.38. The van der Waals surface area contributed by atoms with E-state index in [2.05, 4.69) is 27.8 Å². The monoisotopic (exact) mass is 236 g/mol. The molecule has 12 heavy (non-hydrogen) atoms. The molecule has 3 heteroatoms. The lowest BCUT2D eigenvalue weighted by atomic mass is 10.1. The van der Waals surface area contributed by atoms with Crippen molar-refractivity contribution in [1.82, 2.24) is 11.1 Å². The van der Waals surface area contributed by atoms with Crippen molar-refractivity contribution in [2.45, 2.75) is 44.0 Å². The maximum Gasteiger partial charge on any atom is 0.0655 e. The van der Waals surface area contributed by atoms with Crippen LogP contribution in [-0.4, -0.2) is 22.9 Å². The van der Waals surface area contributed by atoms with E-state index in [1.807, 2.05) is 0 Å². The fourth-order valence-corrected chi connectivity index (χ4v) is 2.49. The fourth-order valence-electron chi connectivity index (χ4n) is 1.62. The molecule has 1 unspecified atom stereocenters. The molecular weight excluding hydrogens is 216 g/mol. The lowest BCUT2D eigenvalue weighted by molar-refractivity contribution is 0.210. The van der Waals surface area contributed by atoms with Crippen LogP contribution in [0.2, 0.25) is 0 Å². The van der Waals surface area contributed by atoms with Gasteiger partial charge in [-0.3, -0.25) is 4.90 Å². The maximum atomic E-state index is 3.73. The molecule has 2 nitrogen and oxygen atoms in total. The quantitative estimate of drug-likeness (QED) is 0.604. The topological polar surface area (TPSA) is 38.2 Å². The van der Waals surface area contributed by atoms with Crippen molar-refractivity contribution in [3.05, 3.63) is 0 Å². The van der Waals surface area contributed by atoms with Crippen molar-refractivity contribution >= 4 is 15.9 Å². The Morgan fingerprint density at radius 2 is 1.83 bits per heavy atom. The zero-order chi connectivity index (χ0) is 8.10. The van der Waals surface area contributed by atoms with Gasteiger partial charge < -0.3 is 6.15 Å². The lowest BCUT2D eigenvalue weighted by Crippen LogP contribution is -2.35. The van der Waals surface area contributed by atoms with E-state index in [1.165, 1.54) is 45.2 Å². The van der Waals surface area contributed by atoms with Gasteiger partial charge in [-0.05, 0) is 32.4 Å². The minimum absolute atomic E-state index is 0. The highest BCUT2D eigenvalue weighted by Gasteiger charge is 2.16. The summed E-state index contributed by atoms with van der Waals surface area (Å²) in [7, 11) is 0. The summed E-state index contributed by atoms with van der Waals surface area (Å²) >= 11 is 3.73. The van der Waals surface area contributed by atoms with Crippen molar-refractivity contribution in [3.63, 3.8) is 0 Å². The van der Waals surface area contributed by atoms with Gasteiger partial charge in [0.15, 0.2) is 0 Å². The molecule has 1 fully saturated rings. The van der Waals surface area contributed by atoms with Crippen LogP contribution in [-0.2, 0) is 0 Å². The van der Waals surface area contributed by atoms with Crippen molar-refractivity contribution in [1.29, 1.82) is 0 Å². The van der Waals surface area contributed by atoms with Gasteiger partial charge in [-0.15, -0.1) is 0 Å². The molecule has 1 aliphatic rings. The smallest absolute Gasteiger partial charge is 0.0655 e. The SMILES string of the molecule is CCCC(Br)N1CCCCC1.N.